The standard InChI is InChI=1S/C21H28F3N5O2/c1-15-5-7-20(8-6-15)18(30)29(19(31)26-20)14-27-9-2-10-28(12-11-27)17-4-3-16(13-25-17)21(22,23)24/h3-4,13,15H,2,5-12,14H2,1H3,(H,26,31). The molecule has 3 fully saturated rings. The van der Waals surface area contributed by atoms with Gasteiger partial charge in [0.25, 0.3) is 5.91 Å². The Labute approximate surface area is 179 Å². The molecule has 1 N–H and O–H groups in total. The molecule has 1 aromatic rings. The lowest BCUT2D eigenvalue weighted by atomic mass is 9.77. The molecule has 1 aromatic heterocycles. The molecule has 2 aliphatic heterocycles. The molecule has 3 heterocycles. The third-order valence-corrected chi connectivity index (χ3v) is 6.70. The second-order valence-corrected chi connectivity index (χ2v) is 8.93. The van der Waals surface area contributed by atoms with Crippen molar-refractivity contribution in [3.63, 3.8) is 0 Å². The SMILES string of the molecule is CC1CCC2(CC1)NC(=O)N(CN1CCCN(c3ccc(C(F)(F)F)cn3)CC1)C2=O. The van der Waals surface area contributed by atoms with Crippen molar-refractivity contribution in [3.05, 3.63) is 23.9 Å². The highest BCUT2D eigenvalue weighted by Crippen LogP contribution is 2.36. The van der Waals surface area contributed by atoms with Crippen molar-refractivity contribution in [1.29, 1.82) is 0 Å². The number of urea groups is 1. The van der Waals surface area contributed by atoms with Crippen LogP contribution in [0, 0.1) is 5.92 Å². The third-order valence-electron chi connectivity index (χ3n) is 6.70. The summed E-state index contributed by atoms with van der Waals surface area (Å²) in [6, 6.07) is 2.11. The van der Waals surface area contributed by atoms with E-state index in [1.165, 1.54) is 11.0 Å². The average Bonchev–Trinajstić information content (AvgIpc) is 2.89. The second-order valence-electron chi connectivity index (χ2n) is 8.93. The van der Waals surface area contributed by atoms with Crippen molar-refractivity contribution < 1.29 is 22.8 Å². The molecule has 1 spiro atoms. The minimum atomic E-state index is -4.41. The number of carbonyl (C=O) groups is 2. The van der Waals surface area contributed by atoms with Gasteiger partial charge in [-0.05, 0) is 50.2 Å². The molecule has 1 aliphatic carbocycles. The highest BCUT2D eigenvalue weighted by molar-refractivity contribution is 6.07. The number of hydrogen-bond donors (Lipinski definition) is 1. The average molecular weight is 439 g/mol. The molecule has 0 bridgehead atoms. The number of hydrogen-bond acceptors (Lipinski definition) is 5. The van der Waals surface area contributed by atoms with Crippen molar-refractivity contribution in [2.24, 2.45) is 5.92 Å². The molecule has 10 heteroatoms. The number of aromatic nitrogens is 1. The molecule has 0 atom stereocenters. The number of rotatable bonds is 3. The van der Waals surface area contributed by atoms with E-state index in [-0.39, 0.29) is 18.6 Å². The number of nitrogens with one attached hydrogen (secondary N) is 1. The number of nitrogens with zero attached hydrogens (tertiary/aromatic N) is 4. The van der Waals surface area contributed by atoms with Crippen molar-refractivity contribution in [2.75, 3.05) is 37.7 Å². The van der Waals surface area contributed by atoms with Gasteiger partial charge in [0, 0.05) is 32.4 Å². The van der Waals surface area contributed by atoms with Gasteiger partial charge >= 0.3 is 12.2 Å². The number of amides is 3. The van der Waals surface area contributed by atoms with Crippen LogP contribution in [0.3, 0.4) is 0 Å². The summed E-state index contributed by atoms with van der Waals surface area (Å²) in [6.07, 6.45) is 0.435. The Morgan fingerprint density at radius 3 is 2.52 bits per heavy atom. The zero-order chi connectivity index (χ0) is 22.2. The van der Waals surface area contributed by atoms with Crippen molar-refractivity contribution in [3.8, 4) is 0 Å². The lowest BCUT2D eigenvalue weighted by molar-refractivity contribution is -0.138. The first-order valence-electron chi connectivity index (χ1n) is 10.8. The summed E-state index contributed by atoms with van der Waals surface area (Å²) in [4.78, 5) is 34.9. The van der Waals surface area contributed by atoms with E-state index in [1.54, 1.807) is 0 Å². The minimum Gasteiger partial charge on any atom is -0.355 e. The molecule has 0 aromatic carbocycles. The molecular weight excluding hydrogens is 411 g/mol. The van der Waals surface area contributed by atoms with Gasteiger partial charge in [0.1, 0.15) is 11.4 Å². The fraction of sp³-hybridized carbons (Fsp3) is 0.667. The van der Waals surface area contributed by atoms with Gasteiger partial charge in [-0.15, -0.1) is 0 Å². The zero-order valence-corrected chi connectivity index (χ0v) is 17.6. The highest BCUT2D eigenvalue weighted by Gasteiger charge is 2.52. The van der Waals surface area contributed by atoms with Gasteiger partial charge in [0.05, 0.1) is 12.2 Å². The maximum absolute atomic E-state index is 13.1. The number of pyridine rings is 1. The number of alkyl halides is 3. The Balaban J connectivity index is 1.36. The van der Waals surface area contributed by atoms with Gasteiger partial charge in [-0.25, -0.2) is 14.7 Å². The summed E-state index contributed by atoms with van der Waals surface area (Å²) < 4.78 is 38.3. The number of carbonyl (C=O) groups excluding carboxylic acids is 2. The van der Waals surface area contributed by atoms with E-state index < -0.39 is 17.3 Å². The Bertz CT molecular complexity index is 821. The first-order valence-corrected chi connectivity index (χ1v) is 10.8. The number of anilines is 1. The van der Waals surface area contributed by atoms with E-state index in [2.05, 4.69) is 17.2 Å². The predicted octanol–water partition coefficient (Wildman–Crippen LogP) is 3.07. The minimum absolute atomic E-state index is 0.130. The van der Waals surface area contributed by atoms with Gasteiger partial charge < -0.3 is 10.2 Å². The molecule has 1 saturated carbocycles. The molecular formula is C21H28F3N5O2. The fourth-order valence-electron chi connectivity index (χ4n) is 4.68. The van der Waals surface area contributed by atoms with Crippen LogP contribution in [0.5, 0.6) is 0 Å². The lowest BCUT2D eigenvalue weighted by Crippen LogP contribution is -2.50. The normalized spacial score (nSPS) is 28.2. The molecule has 0 radical (unpaired) electrons. The van der Waals surface area contributed by atoms with E-state index in [0.717, 1.165) is 31.5 Å². The van der Waals surface area contributed by atoms with E-state index in [4.69, 9.17) is 0 Å². The molecule has 170 valence electrons. The van der Waals surface area contributed by atoms with E-state index in [9.17, 15) is 22.8 Å². The van der Waals surface area contributed by atoms with E-state index in [0.29, 0.717) is 50.8 Å². The maximum atomic E-state index is 13.1. The van der Waals surface area contributed by atoms with Crippen LogP contribution in [0.1, 0.15) is 44.6 Å². The summed E-state index contributed by atoms with van der Waals surface area (Å²) in [5.41, 5.74) is -1.51. The van der Waals surface area contributed by atoms with Crippen LogP contribution in [0.15, 0.2) is 18.3 Å². The molecule has 31 heavy (non-hydrogen) atoms. The Kier molecular flexibility index (Phi) is 5.85. The van der Waals surface area contributed by atoms with Gasteiger partial charge in [0.15, 0.2) is 0 Å². The first-order chi connectivity index (χ1) is 14.7. The molecule has 3 aliphatic rings. The van der Waals surface area contributed by atoms with Crippen LogP contribution in [-0.4, -0.2) is 65.1 Å². The second kappa shape index (κ2) is 8.29. The van der Waals surface area contributed by atoms with Gasteiger partial charge in [0.2, 0.25) is 0 Å². The Hall–Kier alpha value is -2.36. The first kappa shape index (κ1) is 21.9. The maximum Gasteiger partial charge on any atom is 0.417 e. The highest BCUT2D eigenvalue weighted by atomic mass is 19.4. The summed E-state index contributed by atoms with van der Waals surface area (Å²) in [5.74, 6) is 0.940. The molecule has 3 amide bonds. The lowest BCUT2D eigenvalue weighted by Gasteiger charge is -2.34. The van der Waals surface area contributed by atoms with E-state index >= 15 is 0 Å². The van der Waals surface area contributed by atoms with Gasteiger partial charge in [-0.2, -0.15) is 13.2 Å². The Morgan fingerprint density at radius 1 is 1.13 bits per heavy atom. The summed E-state index contributed by atoms with van der Waals surface area (Å²) >= 11 is 0. The molecule has 2 saturated heterocycles. The van der Waals surface area contributed by atoms with Crippen molar-refractivity contribution in [1.82, 2.24) is 20.1 Å². The summed E-state index contributed by atoms with van der Waals surface area (Å²) in [6.45, 7) is 4.89. The van der Waals surface area contributed by atoms with Crippen LogP contribution < -0.4 is 10.2 Å². The van der Waals surface area contributed by atoms with Gasteiger partial charge in [-0.1, -0.05) is 6.92 Å². The summed E-state index contributed by atoms with van der Waals surface area (Å²) in [7, 11) is 0. The molecule has 0 unspecified atom stereocenters. The van der Waals surface area contributed by atoms with Crippen LogP contribution in [0.4, 0.5) is 23.8 Å². The topological polar surface area (TPSA) is 68.8 Å². The van der Waals surface area contributed by atoms with Crippen molar-refractivity contribution in [2.45, 2.75) is 50.7 Å². The smallest absolute Gasteiger partial charge is 0.355 e. The molecule has 4 rings (SSSR count). The predicted molar refractivity (Wildman–Crippen MR) is 108 cm³/mol. The quantitative estimate of drug-likeness (QED) is 0.734. The zero-order valence-electron chi connectivity index (χ0n) is 17.6. The number of imide groups is 1. The molecule has 7 nitrogen and oxygen atoms in total. The van der Waals surface area contributed by atoms with Crippen LogP contribution in [0.25, 0.3) is 0 Å². The summed E-state index contributed by atoms with van der Waals surface area (Å²) in [5, 5.41) is 2.95. The third kappa shape index (κ3) is 4.49. The monoisotopic (exact) mass is 439 g/mol. The fourth-order valence-corrected chi connectivity index (χ4v) is 4.68. The van der Waals surface area contributed by atoms with Crippen LogP contribution in [-0.2, 0) is 11.0 Å². The largest absolute Gasteiger partial charge is 0.417 e. The number of halogens is 3. The Morgan fingerprint density at radius 2 is 1.87 bits per heavy atom. The van der Waals surface area contributed by atoms with Crippen LogP contribution in [0.2, 0.25) is 0 Å². The van der Waals surface area contributed by atoms with E-state index in [1.807, 2.05) is 9.80 Å². The van der Waals surface area contributed by atoms with Crippen LogP contribution >= 0.6 is 0 Å². The van der Waals surface area contributed by atoms with Gasteiger partial charge in [-0.3, -0.25) is 9.69 Å². The van der Waals surface area contributed by atoms with Crippen molar-refractivity contribution >= 4 is 17.8 Å².